The topological polar surface area (TPSA) is 72.2 Å². The second-order valence-electron chi connectivity index (χ2n) is 7.45. The zero-order valence-electron chi connectivity index (χ0n) is 17.3. The molecule has 0 radical (unpaired) electrons. The molecule has 2 aromatic carbocycles. The van der Waals surface area contributed by atoms with Gasteiger partial charge in [0, 0.05) is 17.7 Å². The molecule has 5 aromatic rings. The maximum absolute atomic E-state index is 12.3. The fourth-order valence-corrected chi connectivity index (χ4v) is 4.24. The first-order valence-electron chi connectivity index (χ1n) is 10.5. The number of nitrogens with zero attached hydrogens (tertiary/aromatic N) is 4. The fourth-order valence-electron chi connectivity index (χ4n) is 3.55. The van der Waals surface area contributed by atoms with Crippen LogP contribution in [0.1, 0.15) is 18.4 Å². The number of rotatable bonds is 7. The number of carbonyl (C=O) groups excluding carboxylic acids is 1. The Kier molecular flexibility index (Phi) is 5.72. The van der Waals surface area contributed by atoms with E-state index in [2.05, 4.69) is 27.6 Å². The van der Waals surface area contributed by atoms with Crippen LogP contribution in [0.4, 0.5) is 5.69 Å². The van der Waals surface area contributed by atoms with Crippen molar-refractivity contribution in [3.8, 4) is 22.0 Å². The van der Waals surface area contributed by atoms with E-state index < -0.39 is 0 Å². The van der Waals surface area contributed by atoms with Gasteiger partial charge in [-0.15, -0.1) is 21.5 Å². The van der Waals surface area contributed by atoms with E-state index in [0.717, 1.165) is 40.5 Å². The van der Waals surface area contributed by atoms with Crippen molar-refractivity contribution in [1.29, 1.82) is 0 Å². The molecule has 0 fully saturated rings. The molecule has 0 saturated carbocycles. The summed E-state index contributed by atoms with van der Waals surface area (Å²) in [7, 11) is 0. The number of hydrogen-bond donors (Lipinski definition) is 1. The molecule has 1 amide bonds. The minimum atomic E-state index is 0.0262. The van der Waals surface area contributed by atoms with Gasteiger partial charge in [0.25, 0.3) is 0 Å². The van der Waals surface area contributed by atoms with Gasteiger partial charge in [-0.25, -0.2) is 0 Å². The molecule has 7 heteroatoms. The molecule has 0 spiro atoms. The molecule has 158 valence electrons. The highest BCUT2D eigenvalue weighted by molar-refractivity contribution is 7.13. The third-order valence-corrected chi connectivity index (χ3v) is 6.05. The van der Waals surface area contributed by atoms with Crippen molar-refractivity contribution >= 4 is 28.6 Å². The first kappa shape index (κ1) is 20.1. The Hall–Kier alpha value is -3.84. The molecule has 3 aromatic heterocycles. The first-order chi connectivity index (χ1) is 15.8. The van der Waals surface area contributed by atoms with Crippen LogP contribution in [0.15, 0.2) is 84.2 Å². The highest BCUT2D eigenvalue weighted by Gasteiger charge is 2.11. The quantitative estimate of drug-likeness (QED) is 0.364. The van der Waals surface area contributed by atoms with Crippen LogP contribution in [0.2, 0.25) is 0 Å². The Morgan fingerprint density at radius 3 is 2.53 bits per heavy atom. The predicted octanol–water partition coefficient (Wildman–Crippen LogP) is 5.48. The summed E-state index contributed by atoms with van der Waals surface area (Å²) in [4.78, 5) is 13.3. The number of aromatic nitrogens is 4. The van der Waals surface area contributed by atoms with Crippen LogP contribution in [-0.4, -0.2) is 25.7 Å². The standard InChI is InChI=1S/C25H21N5OS/c31-24(10-4-8-18-6-2-1-3-7-18)26-20-13-11-19(12-14-20)21-15-16-23-27-28-25(30(23)29-21)22-9-5-17-32-22/h1-3,5-7,9,11-17H,4,8,10H2,(H,26,31). The highest BCUT2D eigenvalue weighted by atomic mass is 32.1. The summed E-state index contributed by atoms with van der Waals surface area (Å²) < 4.78 is 1.77. The summed E-state index contributed by atoms with van der Waals surface area (Å²) in [5.41, 5.74) is 4.51. The van der Waals surface area contributed by atoms with E-state index in [1.54, 1.807) is 15.9 Å². The monoisotopic (exact) mass is 439 g/mol. The lowest BCUT2D eigenvalue weighted by Crippen LogP contribution is -2.11. The van der Waals surface area contributed by atoms with E-state index in [4.69, 9.17) is 5.10 Å². The Bertz CT molecular complexity index is 1330. The third-order valence-electron chi connectivity index (χ3n) is 5.18. The molecule has 32 heavy (non-hydrogen) atoms. The van der Waals surface area contributed by atoms with Crippen molar-refractivity contribution < 1.29 is 4.79 Å². The van der Waals surface area contributed by atoms with E-state index in [1.807, 2.05) is 72.1 Å². The lowest BCUT2D eigenvalue weighted by atomic mass is 10.1. The van der Waals surface area contributed by atoms with Gasteiger partial charge in [0.1, 0.15) is 0 Å². The van der Waals surface area contributed by atoms with Crippen LogP contribution >= 0.6 is 11.3 Å². The number of anilines is 1. The average molecular weight is 440 g/mol. The van der Waals surface area contributed by atoms with Crippen molar-refractivity contribution in [2.24, 2.45) is 0 Å². The summed E-state index contributed by atoms with van der Waals surface area (Å²) >= 11 is 1.61. The summed E-state index contributed by atoms with van der Waals surface area (Å²) in [6, 6.07) is 25.8. The molecule has 5 rings (SSSR count). The molecule has 0 atom stereocenters. The molecule has 0 aliphatic carbocycles. The highest BCUT2D eigenvalue weighted by Crippen LogP contribution is 2.25. The number of carbonyl (C=O) groups is 1. The van der Waals surface area contributed by atoms with Gasteiger partial charge in [-0.1, -0.05) is 48.5 Å². The summed E-state index contributed by atoms with van der Waals surface area (Å²) in [5, 5.41) is 18.2. The van der Waals surface area contributed by atoms with E-state index in [0.29, 0.717) is 12.1 Å². The Labute approximate surface area is 189 Å². The van der Waals surface area contributed by atoms with Gasteiger partial charge < -0.3 is 5.32 Å². The molecule has 0 bridgehead atoms. The summed E-state index contributed by atoms with van der Waals surface area (Å²) in [6.45, 7) is 0. The van der Waals surface area contributed by atoms with Gasteiger partial charge >= 0.3 is 0 Å². The van der Waals surface area contributed by atoms with Gasteiger partial charge in [0.2, 0.25) is 5.91 Å². The van der Waals surface area contributed by atoms with Gasteiger partial charge in [0.15, 0.2) is 11.5 Å². The van der Waals surface area contributed by atoms with Gasteiger partial charge in [-0.2, -0.15) is 9.61 Å². The lowest BCUT2D eigenvalue weighted by Gasteiger charge is -2.07. The maximum Gasteiger partial charge on any atom is 0.224 e. The van der Waals surface area contributed by atoms with Crippen LogP contribution < -0.4 is 5.32 Å². The Morgan fingerprint density at radius 1 is 0.906 bits per heavy atom. The van der Waals surface area contributed by atoms with E-state index in [-0.39, 0.29) is 5.91 Å². The van der Waals surface area contributed by atoms with E-state index >= 15 is 0 Å². The molecule has 0 aliphatic rings. The smallest absolute Gasteiger partial charge is 0.224 e. The van der Waals surface area contributed by atoms with Crippen molar-refractivity contribution in [2.75, 3.05) is 5.32 Å². The van der Waals surface area contributed by atoms with Crippen LogP contribution in [0.5, 0.6) is 0 Å². The van der Waals surface area contributed by atoms with Gasteiger partial charge in [-0.05, 0) is 54.1 Å². The van der Waals surface area contributed by atoms with Crippen LogP contribution in [-0.2, 0) is 11.2 Å². The second kappa shape index (κ2) is 9.11. The molecule has 1 N–H and O–H groups in total. The number of thiophene rings is 1. The van der Waals surface area contributed by atoms with E-state index in [1.165, 1.54) is 5.56 Å². The minimum absolute atomic E-state index is 0.0262. The summed E-state index contributed by atoms with van der Waals surface area (Å²) in [5.74, 6) is 0.759. The Morgan fingerprint density at radius 2 is 1.75 bits per heavy atom. The molecule has 0 aliphatic heterocycles. The fraction of sp³-hybridized carbons (Fsp3) is 0.120. The number of amides is 1. The maximum atomic E-state index is 12.3. The number of benzene rings is 2. The van der Waals surface area contributed by atoms with Crippen LogP contribution in [0.3, 0.4) is 0 Å². The zero-order chi connectivity index (χ0) is 21.8. The zero-order valence-corrected chi connectivity index (χ0v) is 18.1. The molecular weight excluding hydrogens is 418 g/mol. The lowest BCUT2D eigenvalue weighted by molar-refractivity contribution is -0.116. The molecular formula is C25H21N5OS. The van der Waals surface area contributed by atoms with Crippen LogP contribution in [0.25, 0.3) is 27.6 Å². The average Bonchev–Trinajstić information content (AvgIpc) is 3.50. The Balaban J connectivity index is 1.25. The molecule has 0 unspecified atom stereocenters. The first-order valence-corrected chi connectivity index (χ1v) is 11.3. The SMILES string of the molecule is O=C(CCCc1ccccc1)Nc1ccc(-c2ccc3nnc(-c4cccs4)n3n2)cc1. The van der Waals surface area contributed by atoms with Crippen molar-refractivity contribution in [3.63, 3.8) is 0 Å². The van der Waals surface area contributed by atoms with Gasteiger partial charge in [-0.3, -0.25) is 4.79 Å². The summed E-state index contributed by atoms with van der Waals surface area (Å²) in [6.07, 6.45) is 2.22. The number of hydrogen-bond acceptors (Lipinski definition) is 5. The number of fused-ring (bicyclic) bond motifs is 1. The number of aryl methyl sites for hydroxylation is 1. The molecule has 0 saturated heterocycles. The third kappa shape index (κ3) is 4.43. The van der Waals surface area contributed by atoms with Gasteiger partial charge in [0.05, 0.1) is 10.6 Å². The largest absolute Gasteiger partial charge is 0.326 e. The van der Waals surface area contributed by atoms with Crippen molar-refractivity contribution in [2.45, 2.75) is 19.3 Å². The minimum Gasteiger partial charge on any atom is -0.326 e. The molecule has 3 heterocycles. The second-order valence-corrected chi connectivity index (χ2v) is 8.40. The predicted molar refractivity (Wildman–Crippen MR) is 128 cm³/mol. The van der Waals surface area contributed by atoms with E-state index in [9.17, 15) is 4.79 Å². The van der Waals surface area contributed by atoms with Crippen molar-refractivity contribution in [3.05, 3.63) is 89.8 Å². The normalized spacial score (nSPS) is 11.0. The van der Waals surface area contributed by atoms with Crippen LogP contribution in [0, 0.1) is 0 Å². The molecule has 6 nitrogen and oxygen atoms in total. The number of nitrogens with one attached hydrogen (secondary N) is 1. The van der Waals surface area contributed by atoms with Crippen molar-refractivity contribution in [1.82, 2.24) is 19.8 Å².